The molecule has 0 saturated carbocycles. The number of nitrogens with two attached hydrogens (primary N) is 1. The van der Waals surface area contributed by atoms with Crippen LogP contribution in [-0.2, 0) is 0 Å². The van der Waals surface area contributed by atoms with Gasteiger partial charge in [0, 0.05) is 36.3 Å². The van der Waals surface area contributed by atoms with Gasteiger partial charge in [-0.2, -0.15) is 0 Å². The Balaban J connectivity index is 1.90. The van der Waals surface area contributed by atoms with E-state index >= 15 is 0 Å². The lowest BCUT2D eigenvalue weighted by Crippen LogP contribution is -2.47. The van der Waals surface area contributed by atoms with Crippen LogP contribution in [0.1, 0.15) is 53.8 Å². The first-order chi connectivity index (χ1) is 13.9. The van der Waals surface area contributed by atoms with Crippen molar-refractivity contribution in [3.8, 4) is 0 Å². The Morgan fingerprint density at radius 1 is 1.07 bits per heavy atom. The Labute approximate surface area is 173 Å². The summed E-state index contributed by atoms with van der Waals surface area (Å²) in [6.45, 7) is 13.1. The number of allylic oxidation sites excluding steroid dienone is 2. The Hall–Kier alpha value is -2.86. The molecule has 1 aliphatic heterocycles. The van der Waals surface area contributed by atoms with E-state index in [-0.39, 0.29) is 11.8 Å². The number of carbonyl (C=O) groups is 2. The van der Waals surface area contributed by atoms with Crippen molar-refractivity contribution in [1.29, 1.82) is 0 Å². The Morgan fingerprint density at radius 2 is 1.62 bits per heavy atom. The van der Waals surface area contributed by atoms with Crippen LogP contribution in [0.2, 0.25) is 0 Å². The summed E-state index contributed by atoms with van der Waals surface area (Å²) in [6, 6.07) is 7.62. The molecule has 0 aliphatic carbocycles. The van der Waals surface area contributed by atoms with Gasteiger partial charge in [-0.3, -0.25) is 14.5 Å². The quantitative estimate of drug-likeness (QED) is 0.590. The van der Waals surface area contributed by atoms with Crippen LogP contribution >= 0.6 is 0 Å². The Morgan fingerprint density at radius 3 is 2.14 bits per heavy atom. The molecule has 1 saturated heterocycles. The van der Waals surface area contributed by atoms with Crippen LogP contribution in [0.3, 0.4) is 0 Å². The summed E-state index contributed by atoms with van der Waals surface area (Å²) in [5.74, 6) is -0.471. The van der Waals surface area contributed by atoms with E-state index in [1.54, 1.807) is 24.3 Å². The van der Waals surface area contributed by atoms with Gasteiger partial charge >= 0.3 is 0 Å². The van der Waals surface area contributed by atoms with Gasteiger partial charge in [0.1, 0.15) is 0 Å². The van der Waals surface area contributed by atoms with Crippen LogP contribution in [0, 0.1) is 0 Å². The van der Waals surface area contributed by atoms with Crippen molar-refractivity contribution >= 4 is 11.8 Å². The standard InChI is InChI=1S/C23H32N4O2/c1-5-20(24)21(6-2)26-23(29)19-12-10-18(11-13-19)22(28)25-14-15-27-16(3)8-7-9-17(27)4/h5-6,10-13,16-17H,1-2,7-9,14-15,24H2,3-4H3,(H,25,28)(H,26,29)/b21-20-. The SMILES string of the molecule is C=C/C(N)=C(\C=C)NC(=O)c1ccc(C(=O)NCCN2C(C)CCCC2C)cc1. The van der Waals surface area contributed by atoms with Gasteiger partial charge in [0.05, 0.1) is 11.4 Å². The minimum absolute atomic E-state index is 0.142. The number of hydrogen-bond donors (Lipinski definition) is 3. The highest BCUT2D eigenvalue weighted by atomic mass is 16.2. The van der Waals surface area contributed by atoms with Crippen LogP contribution in [0.15, 0.2) is 61.0 Å². The van der Waals surface area contributed by atoms with E-state index in [0.717, 1.165) is 6.54 Å². The second-order valence-electron chi connectivity index (χ2n) is 7.43. The maximum atomic E-state index is 12.4. The molecule has 1 heterocycles. The molecule has 2 unspecified atom stereocenters. The molecule has 1 aromatic rings. The normalized spacial score (nSPS) is 20.3. The summed E-state index contributed by atoms with van der Waals surface area (Å²) in [7, 11) is 0. The van der Waals surface area contributed by atoms with Crippen molar-refractivity contribution in [3.63, 3.8) is 0 Å². The molecule has 1 aliphatic rings. The van der Waals surface area contributed by atoms with Gasteiger partial charge in [-0.05, 0) is 63.1 Å². The fourth-order valence-electron chi connectivity index (χ4n) is 3.63. The van der Waals surface area contributed by atoms with Gasteiger partial charge < -0.3 is 16.4 Å². The second-order valence-corrected chi connectivity index (χ2v) is 7.43. The van der Waals surface area contributed by atoms with Gasteiger partial charge in [0.25, 0.3) is 11.8 Å². The summed E-state index contributed by atoms with van der Waals surface area (Å²) in [6.07, 6.45) is 6.60. The number of benzene rings is 1. The maximum Gasteiger partial charge on any atom is 0.255 e. The van der Waals surface area contributed by atoms with Crippen LogP contribution in [0.25, 0.3) is 0 Å². The third kappa shape index (κ3) is 6.06. The number of likely N-dealkylation sites (tertiary alicyclic amines) is 1. The predicted octanol–water partition coefficient (Wildman–Crippen LogP) is 2.95. The molecular formula is C23H32N4O2. The van der Waals surface area contributed by atoms with E-state index in [2.05, 4.69) is 42.5 Å². The van der Waals surface area contributed by atoms with E-state index in [4.69, 9.17) is 5.73 Å². The van der Waals surface area contributed by atoms with E-state index in [1.807, 2.05) is 0 Å². The molecular weight excluding hydrogens is 364 g/mol. The zero-order valence-corrected chi connectivity index (χ0v) is 17.4. The highest BCUT2D eigenvalue weighted by molar-refractivity contribution is 5.98. The second kappa shape index (κ2) is 10.6. The lowest BCUT2D eigenvalue weighted by molar-refractivity contribution is 0.0888. The van der Waals surface area contributed by atoms with Gasteiger partial charge in [0.2, 0.25) is 0 Å². The van der Waals surface area contributed by atoms with E-state index < -0.39 is 0 Å². The molecule has 6 nitrogen and oxygen atoms in total. The van der Waals surface area contributed by atoms with E-state index in [9.17, 15) is 9.59 Å². The lowest BCUT2D eigenvalue weighted by Gasteiger charge is -2.39. The van der Waals surface area contributed by atoms with Gasteiger partial charge in [-0.25, -0.2) is 0 Å². The molecule has 156 valence electrons. The molecule has 1 aromatic carbocycles. The molecule has 6 heteroatoms. The van der Waals surface area contributed by atoms with Crippen LogP contribution < -0.4 is 16.4 Å². The van der Waals surface area contributed by atoms with E-state index in [0.29, 0.717) is 41.1 Å². The largest absolute Gasteiger partial charge is 0.397 e. The van der Waals surface area contributed by atoms with E-state index in [1.165, 1.54) is 31.4 Å². The first kappa shape index (κ1) is 22.4. The average Bonchev–Trinajstić information content (AvgIpc) is 2.73. The topological polar surface area (TPSA) is 87.5 Å². The minimum Gasteiger partial charge on any atom is -0.397 e. The summed E-state index contributed by atoms with van der Waals surface area (Å²) in [4.78, 5) is 27.2. The third-order valence-electron chi connectivity index (χ3n) is 5.42. The van der Waals surface area contributed by atoms with Crippen LogP contribution in [0.5, 0.6) is 0 Å². The highest BCUT2D eigenvalue weighted by Crippen LogP contribution is 2.21. The van der Waals surface area contributed by atoms with Crippen LogP contribution in [0.4, 0.5) is 0 Å². The molecule has 0 spiro atoms. The van der Waals surface area contributed by atoms with Gasteiger partial charge in [-0.15, -0.1) is 0 Å². The van der Waals surface area contributed by atoms with Crippen LogP contribution in [-0.4, -0.2) is 41.9 Å². The first-order valence-corrected chi connectivity index (χ1v) is 10.1. The Kier molecular flexibility index (Phi) is 8.21. The molecule has 1 fully saturated rings. The molecule has 2 amide bonds. The summed E-state index contributed by atoms with van der Waals surface area (Å²) < 4.78 is 0. The Bertz CT molecular complexity index is 773. The highest BCUT2D eigenvalue weighted by Gasteiger charge is 2.24. The molecule has 2 atom stereocenters. The number of nitrogens with one attached hydrogen (secondary N) is 2. The smallest absolute Gasteiger partial charge is 0.255 e. The van der Waals surface area contributed by atoms with Crippen molar-refractivity contribution in [1.82, 2.24) is 15.5 Å². The number of nitrogens with zero attached hydrogens (tertiary/aromatic N) is 1. The van der Waals surface area contributed by atoms with Crippen molar-refractivity contribution in [3.05, 3.63) is 72.1 Å². The molecule has 4 N–H and O–H groups in total. The zero-order valence-electron chi connectivity index (χ0n) is 17.4. The molecule has 2 rings (SSSR count). The zero-order chi connectivity index (χ0) is 21.4. The summed E-state index contributed by atoms with van der Waals surface area (Å²) in [5.41, 5.74) is 7.43. The number of carbonyl (C=O) groups excluding carboxylic acids is 2. The average molecular weight is 397 g/mol. The molecule has 0 aromatic heterocycles. The van der Waals surface area contributed by atoms with Crippen molar-refractivity contribution in [2.24, 2.45) is 5.73 Å². The van der Waals surface area contributed by atoms with Crippen molar-refractivity contribution < 1.29 is 9.59 Å². The lowest BCUT2D eigenvalue weighted by atomic mass is 9.98. The number of piperidine rings is 1. The number of rotatable bonds is 8. The summed E-state index contributed by atoms with van der Waals surface area (Å²) in [5, 5.41) is 5.65. The van der Waals surface area contributed by atoms with Crippen molar-refractivity contribution in [2.45, 2.75) is 45.2 Å². The predicted molar refractivity (Wildman–Crippen MR) is 117 cm³/mol. The first-order valence-electron chi connectivity index (χ1n) is 10.1. The van der Waals surface area contributed by atoms with Gasteiger partial charge in [-0.1, -0.05) is 19.6 Å². The minimum atomic E-state index is -0.329. The fourth-order valence-corrected chi connectivity index (χ4v) is 3.63. The van der Waals surface area contributed by atoms with Crippen molar-refractivity contribution in [2.75, 3.05) is 13.1 Å². The molecule has 29 heavy (non-hydrogen) atoms. The number of amides is 2. The third-order valence-corrected chi connectivity index (χ3v) is 5.42. The summed E-state index contributed by atoms with van der Waals surface area (Å²) >= 11 is 0. The maximum absolute atomic E-state index is 12.4. The monoisotopic (exact) mass is 396 g/mol. The number of hydrogen-bond acceptors (Lipinski definition) is 4. The molecule has 0 radical (unpaired) electrons. The molecule has 0 bridgehead atoms. The fraction of sp³-hybridized carbons (Fsp3) is 0.391. The van der Waals surface area contributed by atoms with Gasteiger partial charge in [0.15, 0.2) is 0 Å².